The molecule has 1 N–H and O–H groups in total. The minimum atomic E-state index is 0.778. The highest BCUT2D eigenvalue weighted by Crippen LogP contribution is 2.37. The summed E-state index contributed by atoms with van der Waals surface area (Å²) in [5, 5.41) is 3.82. The summed E-state index contributed by atoms with van der Waals surface area (Å²) in [6, 6.07) is 9.84. The van der Waals surface area contributed by atoms with E-state index in [0.717, 1.165) is 23.8 Å². The third-order valence-electron chi connectivity index (χ3n) is 5.48. The lowest BCUT2D eigenvalue weighted by atomic mass is 9.75. The summed E-state index contributed by atoms with van der Waals surface area (Å²) in [6.07, 6.45) is 8.47. The van der Waals surface area contributed by atoms with Crippen LogP contribution in [-0.4, -0.2) is 12.6 Å². The van der Waals surface area contributed by atoms with Crippen LogP contribution >= 0.6 is 0 Å². The second kappa shape index (κ2) is 6.30. The lowest BCUT2D eigenvalue weighted by molar-refractivity contribution is 0.236. The first kappa shape index (κ1) is 14.1. The first-order valence-corrected chi connectivity index (χ1v) is 8.50. The first-order valence-electron chi connectivity index (χ1n) is 8.50. The lowest BCUT2D eigenvalue weighted by Crippen LogP contribution is -2.42. The molecule has 0 unspecified atom stereocenters. The Bertz CT molecular complexity index is 425. The van der Waals surface area contributed by atoms with Gasteiger partial charge in [0.25, 0.3) is 0 Å². The number of benzene rings is 1. The van der Waals surface area contributed by atoms with Gasteiger partial charge in [0.2, 0.25) is 0 Å². The Morgan fingerprint density at radius 2 is 1.85 bits per heavy atom. The van der Waals surface area contributed by atoms with Gasteiger partial charge in [-0.1, -0.05) is 49.6 Å². The molecule has 2 aliphatic carbocycles. The molecular formula is C19H29N. The van der Waals surface area contributed by atoms with Crippen molar-refractivity contribution in [2.45, 2.75) is 64.3 Å². The maximum atomic E-state index is 3.82. The second-order valence-electron chi connectivity index (χ2n) is 7.31. The Balaban J connectivity index is 1.38. The molecule has 3 rings (SSSR count). The third-order valence-corrected chi connectivity index (χ3v) is 5.48. The fraction of sp³-hybridized carbons (Fsp3) is 0.684. The van der Waals surface area contributed by atoms with Gasteiger partial charge >= 0.3 is 0 Å². The number of aryl methyl sites for hydroxylation is 1. The predicted molar refractivity (Wildman–Crippen MR) is 86.1 cm³/mol. The molecule has 1 heteroatoms. The van der Waals surface area contributed by atoms with Crippen LogP contribution in [0.1, 0.15) is 62.5 Å². The Labute approximate surface area is 124 Å². The summed E-state index contributed by atoms with van der Waals surface area (Å²) in [5.41, 5.74) is 2.95. The van der Waals surface area contributed by atoms with Crippen LogP contribution in [0.3, 0.4) is 0 Å². The monoisotopic (exact) mass is 271 g/mol. The maximum Gasteiger partial charge on any atom is 0.00788 e. The van der Waals surface area contributed by atoms with Crippen molar-refractivity contribution in [3.63, 3.8) is 0 Å². The Hall–Kier alpha value is -0.820. The Morgan fingerprint density at radius 3 is 2.55 bits per heavy atom. The number of nitrogens with one attached hydrogen (secondary N) is 1. The first-order chi connectivity index (χ1) is 9.70. The van der Waals surface area contributed by atoms with Crippen LogP contribution in [0.2, 0.25) is 0 Å². The molecule has 2 aliphatic rings. The molecule has 1 nitrogen and oxygen atoms in total. The van der Waals surface area contributed by atoms with E-state index in [1.54, 1.807) is 5.56 Å². The van der Waals surface area contributed by atoms with Gasteiger partial charge in [-0.15, -0.1) is 0 Å². The summed E-state index contributed by atoms with van der Waals surface area (Å²) in [7, 11) is 0. The van der Waals surface area contributed by atoms with Gasteiger partial charge in [0, 0.05) is 6.04 Å². The van der Waals surface area contributed by atoms with Gasteiger partial charge < -0.3 is 5.32 Å². The molecule has 1 aromatic carbocycles. The molecule has 0 bridgehead atoms. The van der Waals surface area contributed by atoms with Crippen molar-refractivity contribution in [2.24, 2.45) is 11.8 Å². The molecule has 0 atom stereocenters. The molecule has 110 valence electrons. The van der Waals surface area contributed by atoms with E-state index in [1.165, 1.54) is 50.6 Å². The molecule has 0 aromatic heterocycles. The van der Waals surface area contributed by atoms with Crippen molar-refractivity contribution < 1.29 is 0 Å². The summed E-state index contributed by atoms with van der Waals surface area (Å²) in [4.78, 5) is 0. The van der Waals surface area contributed by atoms with Crippen LogP contribution < -0.4 is 5.32 Å². The fourth-order valence-electron chi connectivity index (χ4n) is 3.85. The van der Waals surface area contributed by atoms with Gasteiger partial charge in [0.1, 0.15) is 0 Å². The largest absolute Gasteiger partial charge is 0.314 e. The van der Waals surface area contributed by atoms with Crippen LogP contribution in [0.5, 0.6) is 0 Å². The molecule has 0 saturated heterocycles. The van der Waals surface area contributed by atoms with Crippen LogP contribution in [0, 0.1) is 18.8 Å². The topological polar surface area (TPSA) is 12.0 Å². The average molecular weight is 271 g/mol. The van der Waals surface area contributed by atoms with Gasteiger partial charge in [-0.25, -0.2) is 0 Å². The van der Waals surface area contributed by atoms with Crippen molar-refractivity contribution in [2.75, 3.05) is 6.54 Å². The van der Waals surface area contributed by atoms with Crippen LogP contribution in [-0.2, 0) is 0 Å². The maximum absolute atomic E-state index is 3.82. The predicted octanol–water partition coefficient (Wildman–Crippen LogP) is 4.66. The van der Waals surface area contributed by atoms with Crippen molar-refractivity contribution in [1.29, 1.82) is 0 Å². The lowest BCUT2D eigenvalue weighted by Gasteiger charge is -2.38. The molecule has 20 heavy (non-hydrogen) atoms. The van der Waals surface area contributed by atoms with Crippen molar-refractivity contribution >= 4 is 0 Å². The van der Waals surface area contributed by atoms with Gasteiger partial charge in [-0.2, -0.15) is 0 Å². The van der Waals surface area contributed by atoms with E-state index < -0.39 is 0 Å². The zero-order valence-electron chi connectivity index (χ0n) is 13.1. The van der Waals surface area contributed by atoms with Crippen molar-refractivity contribution in [3.05, 3.63) is 35.4 Å². The SMILES string of the molecule is Cc1cccc(C2CC(NCC3CCC(C)CC3)C2)c1. The smallest absolute Gasteiger partial charge is 0.00788 e. The second-order valence-corrected chi connectivity index (χ2v) is 7.31. The van der Waals surface area contributed by atoms with Crippen LogP contribution in [0.25, 0.3) is 0 Å². The Morgan fingerprint density at radius 1 is 1.10 bits per heavy atom. The minimum Gasteiger partial charge on any atom is -0.314 e. The summed E-state index contributed by atoms with van der Waals surface area (Å²) < 4.78 is 0. The molecule has 0 heterocycles. The molecule has 2 saturated carbocycles. The van der Waals surface area contributed by atoms with E-state index in [-0.39, 0.29) is 0 Å². The normalized spacial score (nSPS) is 33.7. The van der Waals surface area contributed by atoms with E-state index in [2.05, 4.69) is 43.4 Å². The van der Waals surface area contributed by atoms with Gasteiger partial charge in [-0.05, 0) is 62.5 Å². The molecule has 1 aromatic rings. The number of hydrogen-bond donors (Lipinski definition) is 1. The molecule has 0 aliphatic heterocycles. The summed E-state index contributed by atoms with van der Waals surface area (Å²) >= 11 is 0. The highest BCUT2D eigenvalue weighted by atomic mass is 14.9. The highest BCUT2D eigenvalue weighted by Gasteiger charge is 2.30. The van der Waals surface area contributed by atoms with Crippen molar-refractivity contribution in [3.8, 4) is 0 Å². The zero-order valence-corrected chi connectivity index (χ0v) is 13.1. The van der Waals surface area contributed by atoms with Gasteiger partial charge in [0.15, 0.2) is 0 Å². The van der Waals surface area contributed by atoms with E-state index >= 15 is 0 Å². The molecule has 0 amide bonds. The van der Waals surface area contributed by atoms with E-state index in [1.807, 2.05) is 0 Å². The van der Waals surface area contributed by atoms with Gasteiger partial charge in [-0.3, -0.25) is 0 Å². The van der Waals surface area contributed by atoms with Crippen LogP contribution in [0.4, 0.5) is 0 Å². The van der Waals surface area contributed by atoms with E-state index in [4.69, 9.17) is 0 Å². The van der Waals surface area contributed by atoms with Crippen LogP contribution in [0.15, 0.2) is 24.3 Å². The third kappa shape index (κ3) is 3.44. The summed E-state index contributed by atoms with van der Waals surface area (Å²) in [5.74, 6) is 2.73. The van der Waals surface area contributed by atoms with E-state index in [9.17, 15) is 0 Å². The zero-order chi connectivity index (χ0) is 13.9. The number of hydrogen-bond acceptors (Lipinski definition) is 1. The van der Waals surface area contributed by atoms with Gasteiger partial charge in [0.05, 0.1) is 0 Å². The molecule has 0 radical (unpaired) electrons. The fourth-order valence-corrected chi connectivity index (χ4v) is 3.85. The molecule has 0 spiro atoms. The quantitative estimate of drug-likeness (QED) is 0.840. The average Bonchev–Trinajstić information content (AvgIpc) is 2.39. The molecule has 2 fully saturated rings. The standard InChI is InChI=1S/C19H29N/c1-14-6-8-16(9-7-14)13-20-19-11-18(12-19)17-5-3-4-15(2)10-17/h3-5,10,14,16,18-20H,6-9,11-13H2,1-2H3. The Kier molecular flexibility index (Phi) is 4.45. The number of rotatable bonds is 4. The summed E-state index contributed by atoms with van der Waals surface area (Å²) in [6.45, 7) is 5.86. The van der Waals surface area contributed by atoms with Crippen molar-refractivity contribution in [1.82, 2.24) is 5.32 Å². The minimum absolute atomic E-state index is 0.778. The highest BCUT2D eigenvalue weighted by molar-refractivity contribution is 5.27. The van der Waals surface area contributed by atoms with E-state index in [0.29, 0.717) is 0 Å². The molecular weight excluding hydrogens is 242 g/mol.